The number of carbonyl (C=O) groups excluding carboxylic acids is 2. The second-order valence-corrected chi connectivity index (χ2v) is 7.93. The first-order chi connectivity index (χ1) is 15.8. The number of benzene rings is 1. The number of rotatable bonds is 17. The van der Waals surface area contributed by atoms with Crippen molar-refractivity contribution in [1.82, 2.24) is 5.32 Å². The Balaban J connectivity index is 1.82. The molecule has 0 saturated carbocycles. The molecule has 2 N–H and O–H groups in total. The summed E-state index contributed by atoms with van der Waals surface area (Å²) in [5.41, 5.74) is 0.221. The van der Waals surface area contributed by atoms with Crippen LogP contribution >= 0.6 is 0 Å². The summed E-state index contributed by atoms with van der Waals surface area (Å²) < 4.78 is 32.3. The van der Waals surface area contributed by atoms with Gasteiger partial charge in [-0.15, -0.1) is 0 Å². The van der Waals surface area contributed by atoms with Crippen molar-refractivity contribution >= 4 is 17.7 Å². The van der Waals surface area contributed by atoms with Crippen molar-refractivity contribution in [3.8, 4) is 5.75 Å². The maximum atomic E-state index is 11.4. The quantitative estimate of drug-likeness (QED) is 0.334. The van der Waals surface area contributed by atoms with Gasteiger partial charge in [0.2, 0.25) is 5.91 Å². The molecule has 0 aromatic heterocycles. The maximum absolute atomic E-state index is 11.4. The van der Waals surface area contributed by atoms with Crippen LogP contribution in [0.3, 0.4) is 0 Å². The molecule has 1 rings (SSSR count). The van der Waals surface area contributed by atoms with Crippen molar-refractivity contribution in [3.63, 3.8) is 0 Å². The molecule has 33 heavy (non-hydrogen) atoms. The summed E-state index contributed by atoms with van der Waals surface area (Å²) in [6, 6.07) is 7.15. The molecule has 10 nitrogen and oxygen atoms in total. The number of nitrogens with one attached hydrogen (secondary N) is 2. The van der Waals surface area contributed by atoms with Crippen molar-refractivity contribution in [1.29, 1.82) is 0 Å². The lowest BCUT2D eigenvalue weighted by Crippen LogP contribution is -2.34. The first-order valence-electron chi connectivity index (χ1n) is 11.0. The molecule has 0 aliphatic rings. The van der Waals surface area contributed by atoms with E-state index in [0.29, 0.717) is 71.8 Å². The number of hydrogen-bond donors (Lipinski definition) is 2. The fourth-order valence-electron chi connectivity index (χ4n) is 2.36. The Labute approximate surface area is 196 Å². The molecule has 0 unspecified atom stereocenters. The van der Waals surface area contributed by atoms with E-state index in [9.17, 15) is 9.59 Å². The van der Waals surface area contributed by atoms with Gasteiger partial charge in [-0.25, -0.2) is 4.79 Å². The molecule has 0 aliphatic carbocycles. The minimum absolute atomic E-state index is 0.110. The van der Waals surface area contributed by atoms with Gasteiger partial charge in [0.15, 0.2) is 0 Å². The second kappa shape index (κ2) is 17.1. The predicted molar refractivity (Wildman–Crippen MR) is 124 cm³/mol. The molecule has 0 bridgehead atoms. The molecule has 0 atom stereocenters. The van der Waals surface area contributed by atoms with Gasteiger partial charge >= 0.3 is 6.09 Å². The third kappa shape index (κ3) is 17.8. The van der Waals surface area contributed by atoms with Gasteiger partial charge in [-0.3, -0.25) is 4.79 Å². The lowest BCUT2D eigenvalue weighted by molar-refractivity contribution is -0.114. The van der Waals surface area contributed by atoms with E-state index in [-0.39, 0.29) is 5.91 Å². The van der Waals surface area contributed by atoms with Crippen molar-refractivity contribution in [2.75, 3.05) is 71.3 Å². The Morgan fingerprint density at radius 1 is 0.758 bits per heavy atom. The van der Waals surface area contributed by atoms with Crippen molar-refractivity contribution in [3.05, 3.63) is 24.3 Å². The van der Waals surface area contributed by atoms with Crippen LogP contribution in [0.4, 0.5) is 10.5 Å². The molecule has 2 amide bonds. The lowest BCUT2D eigenvalue weighted by Gasteiger charge is -2.19. The van der Waals surface area contributed by atoms with E-state index >= 15 is 0 Å². The van der Waals surface area contributed by atoms with Crippen LogP contribution in [0.2, 0.25) is 0 Å². The SMILES string of the molecule is CC(=O)Nc1ccc(OCCOCCOCCOCCOCCNC(=O)OC(C)(C)C)cc1. The van der Waals surface area contributed by atoms with E-state index in [4.69, 9.17) is 28.4 Å². The van der Waals surface area contributed by atoms with Crippen LogP contribution in [-0.2, 0) is 28.5 Å². The van der Waals surface area contributed by atoms with Gasteiger partial charge < -0.3 is 39.1 Å². The summed E-state index contributed by atoms with van der Waals surface area (Å²) in [5, 5.41) is 5.32. The molecule has 0 aliphatic heterocycles. The fraction of sp³-hybridized carbons (Fsp3) is 0.652. The Bertz CT molecular complexity index is 661. The fourth-order valence-corrected chi connectivity index (χ4v) is 2.36. The van der Waals surface area contributed by atoms with E-state index in [1.807, 2.05) is 20.8 Å². The van der Waals surface area contributed by atoms with Gasteiger partial charge in [-0.1, -0.05) is 0 Å². The van der Waals surface area contributed by atoms with Crippen molar-refractivity contribution < 1.29 is 38.0 Å². The first-order valence-corrected chi connectivity index (χ1v) is 11.0. The zero-order chi connectivity index (χ0) is 24.4. The Hall–Kier alpha value is -2.40. The van der Waals surface area contributed by atoms with Crippen LogP contribution in [0.1, 0.15) is 27.7 Å². The zero-order valence-corrected chi connectivity index (χ0v) is 20.1. The van der Waals surface area contributed by atoms with Gasteiger partial charge in [-0.05, 0) is 45.0 Å². The predicted octanol–water partition coefficient (Wildman–Crippen LogP) is 2.61. The highest BCUT2D eigenvalue weighted by atomic mass is 16.6. The topological polar surface area (TPSA) is 114 Å². The Morgan fingerprint density at radius 3 is 1.73 bits per heavy atom. The van der Waals surface area contributed by atoms with E-state index in [0.717, 1.165) is 5.69 Å². The normalized spacial score (nSPS) is 11.2. The third-order valence-electron chi connectivity index (χ3n) is 3.70. The van der Waals surface area contributed by atoms with Crippen LogP contribution in [-0.4, -0.2) is 83.6 Å². The lowest BCUT2D eigenvalue weighted by atomic mass is 10.2. The summed E-state index contributed by atoms with van der Waals surface area (Å²) in [4.78, 5) is 22.4. The molecular formula is C23H38N2O8. The van der Waals surface area contributed by atoms with Gasteiger partial charge in [0.05, 0.1) is 52.9 Å². The largest absolute Gasteiger partial charge is 0.491 e. The number of hydrogen-bond acceptors (Lipinski definition) is 8. The van der Waals surface area contributed by atoms with Crippen molar-refractivity contribution in [2.45, 2.75) is 33.3 Å². The molecular weight excluding hydrogens is 432 g/mol. The standard InChI is InChI=1S/C23H38N2O8/c1-19(26)25-20-5-7-21(8-6-20)32-18-17-31-16-15-30-14-13-29-12-11-28-10-9-24-22(27)33-23(2,3)4/h5-8H,9-18H2,1-4H3,(H,24,27)(H,25,26). The average Bonchev–Trinajstić information content (AvgIpc) is 2.73. The number of alkyl carbamates (subject to hydrolysis) is 1. The number of carbonyl (C=O) groups is 2. The van der Waals surface area contributed by atoms with Crippen LogP contribution < -0.4 is 15.4 Å². The van der Waals surface area contributed by atoms with Crippen molar-refractivity contribution in [2.24, 2.45) is 0 Å². The Morgan fingerprint density at radius 2 is 1.24 bits per heavy atom. The number of amides is 2. The first kappa shape index (κ1) is 28.6. The zero-order valence-electron chi connectivity index (χ0n) is 20.1. The molecule has 1 aromatic rings. The van der Waals surface area contributed by atoms with Crippen LogP contribution in [0, 0.1) is 0 Å². The summed E-state index contributed by atoms with van der Waals surface area (Å²) in [5.74, 6) is 0.603. The van der Waals surface area contributed by atoms with Gasteiger partial charge in [0, 0.05) is 19.2 Å². The van der Waals surface area contributed by atoms with Crippen LogP contribution in [0.25, 0.3) is 0 Å². The monoisotopic (exact) mass is 470 g/mol. The summed E-state index contributed by atoms with van der Waals surface area (Å²) >= 11 is 0. The summed E-state index contributed by atoms with van der Waals surface area (Å²) in [6.45, 7) is 11.3. The second-order valence-electron chi connectivity index (χ2n) is 7.93. The van der Waals surface area contributed by atoms with E-state index in [1.165, 1.54) is 6.92 Å². The number of ether oxygens (including phenoxy) is 6. The van der Waals surface area contributed by atoms with E-state index in [1.54, 1.807) is 24.3 Å². The van der Waals surface area contributed by atoms with Crippen LogP contribution in [0.15, 0.2) is 24.3 Å². The average molecular weight is 471 g/mol. The van der Waals surface area contributed by atoms with E-state index < -0.39 is 11.7 Å². The highest BCUT2D eigenvalue weighted by Crippen LogP contribution is 2.15. The summed E-state index contributed by atoms with van der Waals surface area (Å²) in [6.07, 6.45) is -0.453. The number of anilines is 1. The van der Waals surface area contributed by atoms with Crippen LogP contribution in [0.5, 0.6) is 5.75 Å². The summed E-state index contributed by atoms with van der Waals surface area (Å²) in [7, 11) is 0. The van der Waals surface area contributed by atoms with Gasteiger partial charge in [0.25, 0.3) is 0 Å². The van der Waals surface area contributed by atoms with Gasteiger partial charge in [-0.2, -0.15) is 0 Å². The molecule has 0 fully saturated rings. The highest BCUT2D eigenvalue weighted by Gasteiger charge is 2.15. The highest BCUT2D eigenvalue weighted by molar-refractivity contribution is 5.88. The molecule has 0 spiro atoms. The smallest absolute Gasteiger partial charge is 0.407 e. The molecule has 188 valence electrons. The minimum atomic E-state index is -0.508. The minimum Gasteiger partial charge on any atom is -0.491 e. The Kier molecular flexibility index (Phi) is 14.9. The maximum Gasteiger partial charge on any atom is 0.407 e. The molecule has 1 aromatic carbocycles. The molecule has 0 heterocycles. The van der Waals surface area contributed by atoms with E-state index in [2.05, 4.69) is 10.6 Å². The third-order valence-corrected chi connectivity index (χ3v) is 3.70. The molecule has 0 saturated heterocycles. The molecule has 10 heteroatoms. The molecule has 0 radical (unpaired) electrons. The van der Waals surface area contributed by atoms with Gasteiger partial charge in [0.1, 0.15) is 18.0 Å².